The van der Waals surface area contributed by atoms with Gasteiger partial charge in [0.2, 0.25) is 0 Å². The third kappa shape index (κ3) is 65.5. The number of unbranched alkanes of at least 4 members (excludes halogenated alkanes) is 18. The maximum Gasteiger partial charge on any atom is 0.306 e. The van der Waals surface area contributed by atoms with Crippen LogP contribution in [0.1, 0.15) is 265 Å². The molecule has 0 rings (SSSR count). The SMILES string of the molecule is CC/C=C\C/C=C\C/C=C\C/C=C\C/C=C\C/C=C\C/C=C\C/C=C\CCCCCCC(=O)OCC(COC(=O)CCCCCCCCC/C=C\C/C=C\C/C=C\CC)OC(=O)CCCCCCCCC/C=C\C/C=C\C/C=C\CC. The van der Waals surface area contributed by atoms with Crippen molar-refractivity contribution in [3.05, 3.63) is 170 Å². The molecule has 0 N–H and O–H groups in total. The van der Waals surface area contributed by atoms with Crippen molar-refractivity contribution in [2.75, 3.05) is 13.2 Å². The van der Waals surface area contributed by atoms with Crippen LogP contribution < -0.4 is 0 Å². The van der Waals surface area contributed by atoms with Crippen molar-refractivity contribution in [2.45, 2.75) is 271 Å². The van der Waals surface area contributed by atoms with Crippen molar-refractivity contribution in [1.82, 2.24) is 0 Å². The van der Waals surface area contributed by atoms with Gasteiger partial charge in [-0.25, -0.2) is 0 Å². The highest BCUT2D eigenvalue weighted by molar-refractivity contribution is 5.71. The molecule has 0 aliphatic heterocycles. The number of hydrogen-bond acceptors (Lipinski definition) is 6. The van der Waals surface area contributed by atoms with E-state index in [1.807, 2.05) is 0 Å². The summed E-state index contributed by atoms with van der Waals surface area (Å²) in [4.78, 5) is 38.4. The van der Waals surface area contributed by atoms with Crippen LogP contribution in [0.15, 0.2) is 170 Å². The van der Waals surface area contributed by atoms with Crippen LogP contribution in [-0.2, 0) is 28.6 Å². The fraction of sp³-hybridized carbons (Fsp3) is 0.587. The third-order valence-electron chi connectivity index (χ3n) is 13.2. The standard InChI is InChI=1S/C75H118O6/c1-4-7-10-13-16-19-22-25-28-31-32-33-34-35-36-37-38-39-40-41-42-45-47-50-53-56-59-62-65-68-74(77)80-71-72(81-75(78)69-66-63-60-57-54-51-48-44-30-27-24-21-18-15-12-9-6-3)70-79-73(76)67-64-61-58-55-52-49-46-43-29-26-23-20-17-14-11-8-5-2/h7-12,16-21,25-30,32-33,35-36,38-39,41-42,47,50,72H,4-6,13-15,22-24,31,34,37,40,43-46,48-49,51-71H2,1-3H3/b10-7-,11-8-,12-9-,19-16-,20-17-,21-18-,28-25-,29-26-,30-27-,33-32-,36-35-,39-38-,42-41-,50-47-. The summed E-state index contributed by atoms with van der Waals surface area (Å²) in [6, 6.07) is 0. The molecular weight excluding hydrogens is 997 g/mol. The predicted octanol–water partition coefficient (Wildman–Crippen LogP) is 22.7. The molecule has 0 amide bonds. The molecule has 1 atom stereocenters. The molecule has 0 aliphatic rings. The highest BCUT2D eigenvalue weighted by Crippen LogP contribution is 2.14. The Morgan fingerprint density at radius 2 is 0.444 bits per heavy atom. The third-order valence-corrected chi connectivity index (χ3v) is 13.2. The molecule has 6 heteroatoms. The fourth-order valence-corrected chi connectivity index (χ4v) is 8.43. The zero-order valence-electron chi connectivity index (χ0n) is 52.0. The number of ether oxygens (including phenoxy) is 3. The van der Waals surface area contributed by atoms with E-state index in [9.17, 15) is 14.4 Å². The molecule has 0 aliphatic carbocycles. The van der Waals surface area contributed by atoms with E-state index in [0.717, 1.165) is 180 Å². The summed E-state index contributed by atoms with van der Waals surface area (Å²) in [6.07, 6.45) is 99.2. The van der Waals surface area contributed by atoms with Gasteiger partial charge in [0.25, 0.3) is 0 Å². The van der Waals surface area contributed by atoms with Crippen LogP contribution in [0.5, 0.6) is 0 Å². The van der Waals surface area contributed by atoms with Crippen molar-refractivity contribution in [1.29, 1.82) is 0 Å². The number of hydrogen-bond donors (Lipinski definition) is 0. The molecule has 0 bridgehead atoms. The van der Waals surface area contributed by atoms with E-state index in [2.05, 4.69) is 191 Å². The summed E-state index contributed by atoms with van der Waals surface area (Å²) < 4.78 is 16.9. The van der Waals surface area contributed by atoms with Gasteiger partial charge in [0.15, 0.2) is 6.10 Å². The fourth-order valence-electron chi connectivity index (χ4n) is 8.43. The second-order valence-electron chi connectivity index (χ2n) is 20.9. The monoisotopic (exact) mass is 1110 g/mol. The molecule has 81 heavy (non-hydrogen) atoms. The Morgan fingerprint density at radius 1 is 0.247 bits per heavy atom. The van der Waals surface area contributed by atoms with Crippen molar-refractivity contribution < 1.29 is 28.6 Å². The first kappa shape index (κ1) is 75.8. The maximum atomic E-state index is 12.9. The second-order valence-corrected chi connectivity index (χ2v) is 20.9. The molecule has 1 unspecified atom stereocenters. The topological polar surface area (TPSA) is 78.9 Å². The van der Waals surface area contributed by atoms with E-state index in [0.29, 0.717) is 19.3 Å². The summed E-state index contributed by atoms with van der Waals surface area (Å²) in [7, 11) is 0. The largest absolute Gasteiger partial charge is 0.462 e. The lowest BCUT2D eigenvalue weighted by Crippen LogP contribution is -2.30. The van der Waals surface area contributed by atoms with Gasteiger partial charge >= 0.3 is 17.9 Å². The van der Waals surface area contributed by atoms with Crippen LogP contribution >= 0.6 is 0 Å². The average Bonchev–Trinajstić information content (AvgIpc) is 3.47. The summed E-state index contributed by atoms with van der Waals surface area (Å²) in [5, 5.41) is 0. The van der Waals surface area contributed by atoms with Gasteiger partial charge in [-0.2, -0.15) is 0 Å². The zero-order valence-corrected chi connectivity index (χ0v) is 52.0. The van der Waals surface area contributed by atoms with Crippen molar-refractivity contribution in [3.63, 3.8) is 0 Å². The lowest BCUT2D eigenvalue weighted by Gasteiger charge is -2.18. The van der Waals surface area contributed by atoms with E-state index in [1.54, 1.807) is 0 Å². The van der Waals surface area contributed by atoms with E-state index < -0.39 is 6.10 Å². The van der Waals surface area contributed by atoms with Gasteiger partial charge in [-0.15, -0.1) is 0 Å². The van der Waals surface area contributed by atoms with Gasteiger partial charge in [-0.05, 0) is 148 Å². The van der Waals surface area contributed by atoms with Gasteiger partial charge < -0.3 is 14.2 Å². The summed E-state index contributed by atoms with van der Waals surface area (Å²) in [5.74, 6) is -0.951. The maximum absolute atomic E-state index is 12.9. The Balaban J connectivity index is 4.46. The molecule has 0 saturated heterocycles. The molecular formula is C75H118O6. The Labute approximate surface area is 498 Å². The summed E-state index contributed by atoms with van der Waals surface area (Å²) in [6.45, 7) is 6.27. The highest BCUT2D eigenvalue weighted by atomic mass is 16.6. The van der Waals surface area contributed by atoms with Gasteiger partial charge in [-0.3, -0.25) is 14.4 Å². The normalized spacial score (nSPS) is 13.3. The number of carbonyl (C=O) groups excluding carboxylic acids is 3. The molecule has 0 radical (unpaired) electrons. The minimum absolute atomic E-state index is 0.103. The minimum Gasteiger partial charge on any atom is -0.462 e. The molecule has 0 saturated carbocycles. The lowest BCUT2D eigenvalue weighted by molar-refractivity contribution is -0.167. The van der Waals surface area contributed by atoms with E-state index in [4.69, 9.17) is 14.2 Å². The first-order valence-electron chi connectivity index (χ1n) is 32.6. The Morgan fingerprint density at radius 3 is 0.691 bits per heavy atom. The zero-order chi connectivity index (χ0) is 58.5. The molecule has 0 aromatic heterocycles. The van der Waals surface area contributed by atoms with Crippen molar-refractivity contribution in [2.24, 2.45) is 0 Å². The molecule has 0 aromatic carbocycles. The van der Waals surface area contributed by atoms with Crippen LogP contribution in [0, 0.1) is 0 Å². The smallest absolute Gasteiger partial charge is 0.306 e. The van der Waals surface area contributed by atoms with E-state index in [1.165, 1.54) is 44.9 Å². The quantitative estimate of drug-likeness (QED) is 0.0261. The highest BCUT2D eigenvalue weighted by Gasteiger charge is 2.19. The Hall–Kier alpha value is -5.23. The molecule has 6 nitrogen and oxygen atoms in total. The minimum atomic E-state index is -0.809. The predicted molar refractivity (Wildman–Crippen MR) is 352 cm³/mol. The molecule has 0 fully saturated rings. The number of allylic oxidation sites excluding steroid dienone is 28. The summed E-state index contributed by atoms with van der Waals surface area (Å²) >= 11 is 0. The summed E-state index contributed by atoms with van der Waals surface area (Å²) in [5.41, 5.74) is 0. The second kappa shape index (κ2) is 67.3. The van der Waals surface area contributed by atoms with Gasteiger partial charge in [-0.1, -0.05) is 268 Å². The van der Waals surface area contributed by atoms with E-state index >= 15 is 0 Å². The van der Waals surface area contributed by atoms with Crippen LogP contribution in [0.3, 0.4) is 0 Å². The molecule has 0 spiro atoms. The first-order valence-corrected chi connectivity index (χ1v) is 32.6. The number of carbonyl (C=O) groups is 3. The van der Waals surface area contributed by atoms with Crippen molar-refractivity contribution in [3.8, 4) is 0 Å². The Kier molecular flexibility index (Phi) is 62.9. The molecule has 454 valence electrons. The van der Waals surface area contributed by atoms with Crippen LogP contribution in [0.2, 0.25) is 0 Å². The van der Waals surface area contributed by atoms with Crippen LogP contribution in [-0.4, -0.2) is 37.2 Å². The first-order chi connectivity index (χ1) is 40.0. The van der Waals surface area contributed by atoms with Gasteiger partial charge in [0.05, 0.1) is 0 Å². The average molecular weight is 1120 g/mol. The Bertz CT molecular complexity index is 1860. The van der Waals surface area contributed by atoms with Crippen LogP contribution in [0.25, 0.3) is 0 Å². The van der Waals surface area contributed by atoms with Gasteiger partial charge in [0, 0.05) is 19.3 Å². The van der Waals surface area contributed by atoms with Crippen LogP contribution in [0.4, 0.5) is 0 Å². The lowest BCUT2D eigenvalue weighted by atomic mass is 10.1. The molecule has 0 aromatic rings. The van der Waals surface area contributed by atoms with Gasteiger partial charge in [0.1, 0.15) is 13.2 Å². The molecule has 0 heterocycles. The number of esters is 3. The number of rotatable bonds is 57. The van der Waals surface area contributed by atoms with Crippen molar-refractivity contribution >= 4 is 17.9 Å². The van der Waals surface area contributed by atoms with E-state index in [-0.39, 0.29) is 31.1 Å².